The van der Waals surface area contributed by atoms with E-state index < -0.39 is 42.5 Å². The van der Waals surface area contributed by atoms with E-state index in [-0.39, 0.29) is 6.10 Å². The lowest BCUT2D eigenvalue weighted by Crippen LogP contribution is -2.46. The molecule has 3 saturated heterocycles. The Labute approximate surface area is 183 Å². The van der Waals surface area contributed by atoms with Crippen LogP contribution in [0.2, 0.25) is 0 Å². The molecule has 2 aromatic heterocycles. The van der Waals surface area contributed by atoms with Crippen molar-refractivity contribution in [3.8, 4) is 6.07 Å². The quantitative estimate of drug-likeness (QED) is 0.673. The van der Waals surface area contributed by atoms with Gasteiger partial charge in [-0.05, 0) is 26.0 Å². The van der Waals surface area contributed by atoms with E-state index in [1.165, 1.54) is 6.33 Å². The van der Waals surface area contributed by atoms with Crippen LogP contribution in [-0.2, 0) is 28.4 Å². The summed E-state index contributed by atoms with van der Waals surface area (Å²) in [7, 11) is 0. The van der Waals surface area contributed by atoms with Gasteiger partial charge in [0.2, 0.25) is 5.60 Å². The number of nitriles is 1. The van der Waals surface area contributed by atoms with Crippen LogP contribution in [0.15, 0.2) is 18.5 Å². The van der Waals surface area contributed by atoms with E-state index in [9.17, 15) is 10.1 Å². The van der Waals surface area contributed by atoms with E-state index in [1.807, 2.05) is 0 Å². The Morgan fingerprint density at radius 1 is 1.38 bits per heavy atom. The Kier molecular flexibility index (Phi) is 4.94. The molecule has 0 aromatic carbocycles. The Morgan fingerprint density at radius 3 is 2.97 bits per heavy atom. The number of nitrogens with two attached hydrogens (primary N) is 1. The summed E-state index contributed by atoms with van der Waals surface area (Å²) in [6.07, 6.45) is -1.54. The van der Waals surface area contributed by atoms with E-state index in [1.54, 1.807) is 30.5 Å². The van der Waals surface area contributed by atoms with E-state index in [0.29, 0.717) is 36.7 Å². The number of carbonyl (C=O) groups excluding carboxylic acids is 1. The maximum Gasteiger partial charge on any atom is 0.508 e. The van der Waals surface area contributed by atoms with Crippen LogP contribution >= 0.6 is 0 Å². The fourth-order valence-corrected chi connectivity index (χ4v) is 4.33. The maximum atomic E-state index is 12.2. The summed E-state index contributed by atoms with van der Waals surface area (Å²) in [6, 6.07) is 5.67. The number of aromatic nitrogens is 3. The van der Waals surface area contributed by atoms with Crippen molar-refractivity contribution in [3.05, 3.63) is 24.2 Å². The zero-order chi connectivity index (χ0) is 22.5. The van der Waals surface area contributed by atoms with Gasteiger partial charge in [0.15, 0.2) is 11.6 Å². The number of rotatable bonds is 4. The molecule has 0 bridgehead atoms. The molecule has 5 atom stereocenters. The predicted octanol–water partition coefficient (Wildman–Crippen LogP) is 1.11. The van der Waals surface area contributed by atoms with Crippen molar-refractivity contribution in [1.29, 1.82) is 5.26 Å². The highest BCUT2D eigenvalue weighted by atomic mass is 16.8. The van der Waals surface area contributed by atoms with Crippen LogP contribution in [0.25, 0.3) is 5.52 Å². The zero-order valence-corrected chi connectivity index (χ0v) is 17.6. The Morgan fingerprint density at radius 2 is 2.22 bits per heavy atom. The van der Waals surface area contributed by atoms with Crippen LogP contribution in [0.3, 0.4) is 0 Å². The molecular formula is C20H23N5O7. The van der Waals surface area contributed by atoms with Crippen LogP contribution in [0.5, 0.6) is 0 Å². The third-order valence-electron chi connectivity index (χ3n) is 5.77. The van der Waals surface area contributed by atoms with Gasteiger partial charge in [-0.3, -0.25) is 0 Å². The molecule has 0 spiro atoms. The number of hydrogen-bond acceptors (Lipinski definition) is 11. The minimum atomic E-state index is -1.61. The molecule has 3 aliphatic rings. The number of nitrogen functional groups attached to an aromatic ring is 1. The molecule has 12 nitrogen and oxygen atoms in total. The summed E-state index contributed by atoms with van der Waals surface area (Å²) >= 11 is 0. The van der Waals surface area contributed by atoms with Gasteiger partial charge in [-0.1, -0.05) is 0 Å². The molecule has 12 heteroatoms. The fourth-order valence-electron chi connectivity index (χ4n) is 4.33. The van der Waals surface area contributed by atoms with Crippen LogP contribution in [-0.4, -0.2) is 70.3 Å². The summed E-state index contributed by atoms with van der Waals surface area (Å²) in [5, 5.41) is 14.3. The topological polar surface area (TPSA) is 152 Å². The van der Waals surface area contributed by atoms with Gasteiger partial charge >= 0.3 is 6.16 Å². The number of anilines is 1. The van der Waals surface area contributed by atoms with Crippen LogP contribution < -0.4 is 5.73 Å². The molecule has 0 aliphatic carbocycles. The Bertz CT molecular complexity index is 1080. The SMILES string of the molecule is CC1(C)O[C@H]2[C@H](c3ccc4c(N)ncnn34)O[C@](C#N)(COC(=O)O[C@@H]3CCOC3)[C@H]2O1. The highest BCUT2D eigenvalue weighted by Crippen LogP contribution is 2.50. The first-order valence-electron chi connectivity index (χ1n) is 10.3. The second-order valence-corrected chi connectivity index (χ2v) is 8.40. The smallest absolute Gasteiger partial charge is 0.430 e. The maximum absolute atomic E-state index is 12.2. The molecule has 0 saturated carbocycles. The van der Waals surface area contributed by atoms with Gasteiger partial charge in [-0.25, -0.2) is 14.3 Å². The van der Waals surface area contributed by atoms with Gasteiger partial charge in [0.05, 0.1) is 18.9 Å². The normalized spacial score (nSPS) is 33.2. The lowest BCUT2D eigenvalue weighted by Gasteiger charge is -2.28. The van der Waals surface area contributed by atoms with Crippen molar-refractivity contribution in [3.63, 3.8) is 0 Å². The first-order chi connectivity index (χ1) is 15.3. The summed E-state index contributed by atoms with van der Waals surface area (Å²) in [5.41, 5.74) is 5.53. The number of nitrogens with zero attached hydrogens (tertiary/aromatic N) is 4. The number of ether oxygens (including phenoxy) is 6. The van der Waals surface area contributed by atoms with Crippen LogP contribution in [0.4, 0.5) is 10.6 Å². The lowest BCUT2D eigenvalue weighted by molar-refractivity contribution is -0.205. The average molecular weight is 445 g/mol. The van der Waals surface area contributed by atoms with E-state index in [4.69, 9.17) is 34.2 Å². The summed E-state index contributed by atoms with van der Waals surface area (Å²) in [5.74, 6) is -0.666. The second kappa shape index (κ2) is 7.56. The molecular weight excluding hydrogens is 422 g/mol. The van der Waals surface area contributed by atoms with Crippen molar-refractivity contribution < 1.29 is 33.2 Å². The lowest BCUT2D eigenvalue weighted by atomic mass is 9.96. The standard InChI is InChI=1S/C20H23N5O7/c1-19(2)30-15-14(12-3-4-13-17(22)23-10-24-25(12)13)31-20(8-21,16(15)32-19)9-28-18(26)29-11-5-6-27-7-11/h3-4,10-11,14-16H,5-7,9H2,1-2H3,(H2,22,23,24)/t11-,14+,15+,16+,20-/m1/s1. The van der Waals surface area contributed by atoms with E-state index in [2.05, 4.69) is 16.2 Å². The summed E-state index contributed by atoms with van der Waals surface area (Å²) in [4.78, 5) is 16.2. The van der Waals surface area contributed by atoms with Gasteiger partial charge in [-0.2, -0.15) is 10.4 Å². The third kappa shape index (κ3) is 3.43. The molecule has 0 unspecified atom stereocenters. The number of carbonyl (C=O) groups is 1. The number of hydrogen-bond donors (Lipinski definition) is 1. The van der Waals surface area contributed by atoms with Gasteiger partial charge in [0.1, 0.15) is 48.9 Å². The average Bonchev–Trinajstić information content (AvgIpc) is 3.51. The molecule has 3 aliphatic heterocycles. The van der Waals surface area contributed by atoms with Gasteiger partial charge in [0.25, 0.3) is 0 Å². The molecule has 32 heavy (non-hydrogen) atoms. The van der Waals surface area contributed by atoms with Crippen molar-refractivity contribution >= 4 is 17.5 Å². The van der Waals surface area contributed by atoms with Gasteiger partial charge in [-0.15, -0.1) is 0 Å². The molecule has 2 N–H and O–H groups in total. The predicted molar refractivity (Wildman–Crippen MR) is 105 cm³/mol. The zero-order valence-electron chi connectivity index (χ0n) is 17.6. The van der Waals surface area contributed by atoms with Gasteiger partial charge in [0, 0.05) is 6.42 Å². The Hall–Kier alpha value is -2.98. The molecule has 0 radical (unpaired) electrons. The van der Waals surface area contributed by atoms with Crippen LogP contribution in [0, 0.1) is 11.3 Å². The van der Waals surface area contributed by atoms with Gasteiger partial charge < -0.3 is 34.2 Å². The largest absolute Gasteiger partial charge is 0.508 e. The van der Waals surface area contributed by atoms with Crippen molar-refractivity contribution in [2.45, 2.75) is 56.1 Å². The number of fused-ring (bicyclic) bond motifs is 2. The van der Waals surface area contributed by atoms with Crippen LogP contribution in [0.1, 0.15) is 32.1 Å². The highest BCUT2D eigenvalue weighted by molar-refractivity contribution is 5.65. The van der Waals surface area contributed by atoms with Crippen molar-refractivity contribution in [2.24, 2.45) is 0 Å². The van der Waals surface area contributed by atoms with E-state index in [0.717, 1.165) is 0 Å². The minimum Gasteiger partial charge on any atom is -0.430 e. The fraction of sp³-hybridized carbons (Fsp3) is 0.600. The van der Waals surface area contributed by atoms with Crippen molar-refractivity contribution in [2.75, 3.05) is 25.6 Å². The van der Waals surface area contributed by atoms with E-state index >= 15 is 0 Å². The second-order valence-electron chi connectivity index (χ2n) is 8.40. The molecule has 2 aromatic rings. The molecule has 5 heterocycles. The summed E-state index contributed by atoms with van der Waals surface area (Å²) in [6.45, 7) is 3.94. The minimum absolute atomic E-state index is 0.304. The monoisotopic (exact) mass is 445 g/mol. The molecule has 3 fully saturated rings. The molecule has 0 amide bonds. The summed E-state index contributed by atoms with van der Waals surface area (Å²) < 4.78 is 35.6. The third-order valence-corrected chi connectivity index (χ3v) is 5.77. The first kappa shape index (κ1) is 20.9. The van der Waals surface area contributed by atoms with Crippen molar-refractivity contribution in [1.82, 2.24) is 14.6 Å². The molecule has 5 rings (SSSR count). The highest BCUT2D eigenvalue weighted by Gasteiger charge is 2.65. The molecule has 170 valence electrons. The first-order valence-corrected chi connectivity index (χ1v) is 10.3. The Balaban J connectivity index is 1.42.